The van der Waals surface area contributed by atoms with Crippen molar-refractivity contribution in [2.75, 3.05) is 18.7 Å². The van der Waals surface area contributed by atoms with E-state index in [1.54, 1.807) is 49.5 Å². The van der Waals surface area contributed by atoms with Gasteiger partial charge in [-0.05, 0) is 46.2 Å². The van der Waals surface area contributed by atoms with E-state index in [0.717, 1.165) is 11.1 Å². The van der Waals surface area contributed by atoms with Gasteiger partial charge in [0.1, 0.15) is 6.04 Å². The highest BCUT2D eigenvalue weighted by Gasteiger charge is 2.29. The Kier molecular flexibility index (Phi) is 7.53. The molecule has 0 saturated heterocycles. The first-order chi connectivity index (χ1) is 18.8. The summed E-state index contributed by atoms with van der Waals surface area (Å²) in [5, 5.41) is 6.24. The van der Waals surface area contributed by atoms with Gasteiger partial charge in [0.05, 0.1) is 4.90 Å². The van der Waals surface area contributed by atoms with E-state index in [2.05, 4.69) is 10.0 Å². The van der Waals surface area contributed by atoms with Crippen molar-refractivity contribution in [3.63, 3.8) is 0 Å². The summed E-state index contributed by atoms with van der Waals surface area (Å²) in [6.07, 6.45) is 0.146. The van der Waals surface area contributed by atoms with E-state index < -0.39 is 28.0 Å². The van der Waals surface area contributed by atoms with E-state index in [0.29, 0.717) is 22.7 Å². The molecule has 1 aliphatic rings. The minimum atomic E-state index is -4.25. The van der Waals surface area contributed by atoms with Crippen LogP contribution < -0.4 is 24.4 Å². The topological polar surface area (TPSA) is 114 Å². The van der Waals surface area contributed by atoms with Crippen molar-refractivity contribution >= 4 is 39.0 Å². The van der Waals surface area contributed by atoms with Crippen LogP contribution in [0.4, 0.5) is 10.5 Å². The highest BCUT2D eigenvalue weighted by molar-refractivity contribution is 7.90. The van der Waals surface area contributed by atoms with Crippen molar-refractivity contribution < 1.29 is 27.5 Å². The van der Waals surface area contributed by atoms with Crippen molar-refractivity contribution in [2.24, 2.45) is 0 Å². The number of hydrogen-bond acceptors (Lipinski definition) is 7. The molecule has 200 valence electrons. The number of sulfonamides is 1. The summed E-state index contributed by atoms with van der Waals surface area (Å²) in [4.78, 5) is 28.0. The van der Waals surface area contributed by atoms with Gasteiger partial charge in [-0.25, -0.2) is 17.9 Å². The quantitative estimate of drug-likeness (QED) is 0.328. The molecule has 0 bridgehead atoms. The third-order valence-electron chi connectivity index (χ3n) is 6.20. The second-order valence-electron chi connectivity index (χ2n) is 8.76. The van der Waals surface area contributed by atoms with Gasteiger partial charge in [0, 0.05) is 30.8 Å². The van der Waals surface area contributed by atoms with Crippen LogP contribution in [0, 0.1) is 0 Å². The van der Waals surface area contributed by atoms with Gasteiger partial charge < -0.3 is 19.7 Å². The molecule has 3 amide bonds. The van der Waals surface area contributed by atoms with E-state index >= 15 is 0 Å². The van der Waals surface area contributed by atoms with E-state index in [1.165, 1.54) is 22.3 Å². The number of fused-ring (bicyclic) bond motifs is 1. The van der Waals surface area contributed by atoms with Crippen LogP contribution in [-0.4, -0.2) is 40.2 Å². The van der Waals surface area contributed by atoms with Crippen LogP contribution in [-0.2, 0) is 21.2 Å². The predicted molar refractivity (Wildman–Crippen MR) is 149 cm³/mol. The first-order valence-electron chi connectivity index (χ1n) is 12.0. The Morgan fingerprint density at radius 2 is 1.72 bits per heavy atom. The van der Waals surface area contributed by atoms with Gasteiger partial charge >= 0.3 is 6.03 Å². The third-order valence-corrected chi connectivity index (χ3v) is 8.27. The van der Waals surface area contributed by atoms with Crippen LogP contribution in [0.25, 0.3) is 11.1 Å². The first-order valence-corrected chi connectivity index (χ1v) is 14.4. The van der Waals surface area contributed by atoms with Crippen LogP contribution in [0.3, 0.4) is 0 Å². The Morgan fingerprint density at radius 1 is 0.974 bits per heavy atom. The molecular weight excluding hydrogens is 538 g/mol. The summed E-state index contributed by atoms with van der Waals surface area (Å²) in [5.74, 6) is 0.641. The van der Waals surface area contributed by atoms with Gasteiger partial charge in [-0.15, -0.1) is 0 Å². The number of anilines is 1. The summed E-state index contributed by atoms with van der Waals surface area (Å²) in [6, 6.07) is 20.4. The summed E-state index contributed by atoms with van der Waals surface area (Å²) < 4.78 is 39.3. The molecule has 0 radical (unpaired) electrons. The van der Waals surface area contributed by atoms with Crippen molar-refractivity contribution in [1.29, 1.82) is 0 Å². The molecule has 4 aromatic rings. The number of rotatable bonds is 8. The normalized spacial score (nSPS) is 12.9. The SMILES string of the molecule is CN(C(=O)C(Cc1ccccc1)NC(=O)NS(=O)(=O)c1ccccc1-c1ccsc1)c1ccc2c(c1)OCO2. The zero-order valence-electron chi connectivity index (χ0n) is 20.9. The molecular formula is C28H25N3O6S2. The monoisotopic (exact) mass is 563 g/mol. The highest BCUT2D eigenvalue weighted by atomic mass is 32.2. The van der Waals surface area contributed by atoms with Crippen molar-refractivity contribution in [1.82, 2.24) is 10.0 Å². The molecule has 2 heterocycles. The zero-order valence-corrected chi connectivity index (χ0v) is 22.5. The molecule has 0 spiro atoms. The fourth-order valence-corrected chi connectivity index (χ4v) is 6.03. The van der Waals surface area contributed by atoms with Crippen LogP contribution in [0.1, 0.15) is 5.56 Å². The lowest BCUT2D eigenvalue weighted by atomic mass is 10.0. The summed E-state index contributed by atoms with van der Waals surface area (Å²) in [7, 11) is -2.68. The Bertz CT molecular complexity index is 1590. The van der Waals surface area contributed by atoms with E-state index in [9.17, 15) is 18.0 Å². The second kappa shape index (κ2) is 11.2. The molecule has 9 nitrogen and oxygen atoms in total. The lowest BCUT2D eigenvalue weighted by Crippen LogP contribution is -2.52. The molecule has 0 aliphatic carbocycles. The van der Waals surface area contributed by atoms with Gasteiger partial charge in [0.2, 0.25) is 12.7 Å². The van der Waals surface area contributed by atoms with Crippen molar-refractivity contribution in [2.45, 2.75) is 17.4 Å². The van der Waals surface area contributed by atoms with Crippen LogP contribution in [0.15, 0.2) is 94.5 Å². The predicted octanol–water partition coefficient (Wildman–Crippen LogP) is 4.41. The minimum Gasteiger partial charge on any atom is -0.454 e. The zero-order chi connectivity index (χ0) is 27.4. The number of urea groups is 1. The lowest BCUT2D eigenvalue weighted by Gasteiger charge is -2.25. The molecule has 5 rings (SSSR count). The van der Waals surface area contributed by atoms with E-state index in [4.69, 9.17) is 9.47 Å². The van der Waals surface area contributed by atoms with E-state index in [-0.39, 0.29) is 18.1 Å². The summed E-state index contributed by atoms with van der Waals surface area (Å²) >= 11 is 1.44. The van der Waals surface area contributed by atoms with Crippen molar-refractivity contribution in [3.8, 4) is 22.6 Å². The number of nitrogens with one attached hydrogen (secondary N) is 2. The molecule has 39 heavy (non-hydrogen) atoms. The molecule has 0 fully saturated rings. The van der Waals surface area contributed by atoms with Gasteiger partial charge in [-0.2, -0.15) is 11.3 Å². The molecule has 1 aliphatic heterocycles. The van der Waals surface area contributed by atoms with Gasteiger partial charge in [-0.1, -0.05) is 48.5 Å². The number of amides is 3. The average Bonchev–Trinajstić information content (AvgIpc) is 3.64. The van der Waals surface area contributed by atoms with Gasteiger partial charge in [-0.3, -0.25) is 4.79 Å². The Labute approximate surface area is 230 Å². The van der Waals surface area contributed by atoms with Gasteiger partial charge in [0.15, 0.2) is 11.5 Å². The van der Waals surface area contributed by atoms with E-state index in [1.807, 2.05) is 41.1 Å². The number of thiophene rings is 1. The molecule has 1 atom stereocenters. The summed E-state index contributed by atoms with van der Waals surface area (Å²) in [5.41, 5.74) is 2.52. The average molecular weight is 564 g/mol. The Morgan fingerprint density at radius 3 is 2.49 bits per heavy atom. The largest absolute Gasteiger partial charge is 0.454 e. The molecule has 0 saturated carbocycles. The fourth-order valence-electron chi connectivity index (χ4n) is 4.23. The second-order valence-corrected chi connectivity index (χ2v) is 11.2. The maximum absolute atomic E-state index is 13.6. The number of nitrogens with zero attached hydrogens (tertiary/aromatic N) is 1. The minimum absolute atomic E-state index is 0.0398. The molecule has 3 aromatic carbocycles. The number of benzene rings is 3. The van der Waals surface area contributed by atoms with Crippen molar-refractivity contribution in [3.05, 3.63) is 95.2 Å². The lowest BCUT2D eigenvalue weighted by molar-refractivity contribution is -0.120. The number of likely N-dealkylation sites (N-methyl/N-ethyl adjacent to an activating group) is 1. The highest BCUT2D eigenvalue weighted by Crippen LogP contribution is 2.35. The van der Waals surface area contributed by atoms with Gasteiger partial charge in [0.25, 0.3) is 10.0 Å². The standard InChI is InChI=1S/C28H25N3O6S2/c1-31(21-11-12-24-25(16-21)37-18-36-24)27(32)23(15-19-7-3-2-4-8-19)29-28(33)30-39(34,35)26-10-6-5-9-22(26)20-13-14-38-17-20/h2-14,16-17,23H,15,18H2,1H3,(H2,29,30,33). The maximum atomic E-state index is 13.6. The number of carbonyl (C=O) groups excluding carboxylic acids is 2. The number of hydrogen-bond donors (Lipinski definition) is 2. The number of ether oxygens (including phenoxy) is 2. The Hall–Kier alpha value is -4.35. The smallest absolute Gasteiger partial charge is 0.329 e. The molecule has 2 N–H and O–H groups in total. The summed E-state index contributed by atoms with van der Waals surface area (Å²) in [6.45, 7) is 0.0960. The Balaban J connectivity index is 1.37. The van der Waals surface area contributed by atoms with Crippen LogP contribution >= 0.6 is 11.3 Å². The molecule has 1 aromatic heterocycles. The van der Waals surface area contributed by atoms with Crippen LogP contribution in [0.2, 0.25) is 0 Å². The third kappa shape index (κ3) is 5.89. The molecule has 1 unspecified atom stereocenters. The first kappa shape index (κ1) is 26.3. The maximum Gasteiger partial charge on any atom is 0.329 e. The number of carbonyl (C=O) groups is 2. The fraction of sp³-hybridized carbons (Fsp3) is 0.143. The molecule has 11 heteroatoms. The van der Waals surface area contributed by atoms with Crippen LogP contribution in [0.5, 0.6) is 11.5 Å².